The first-order valence-electron chi connectivity index (χ1n) is 6.16. The van der Waals surface area contributed by atoms with Gasteiger partial charge < -0.3 is 5.32 Å². The van der Waals surface area contributed by atoms with Gasteiger partial charge in [0.15, 0.2) is 5.82 Å². The van der Waals surface area contributed by atoms with E-state index < -0.39 is 0 Å². The van der Waals surface area contributed by atoms with E-state index in [9.17, 15) is 4.79 Å². The van der Waals surface area contributed by atoms with E-state index in [4.69, 9.17) is 0 Å². The van der Waals surface area contributed by atoms with Gasteiger partial charge in [0.05, 0.1) is 16.7 Å². The first-order valence-corrected chi connectivity index (χ1v) is 8.20. The van der Waals surface area contributed by atoms with E-state index in [-0.39, 0.29) is 11.9 Å². The smallest absolute Gasteiger partial charge is 0.221 e. The molecule has 0 bridgehead atoms. The van der Waals surface area contributed by atoms with Gasteiger partial charge in [0, 0.05) is 23.3 Å². The van der Waals surface area contributed by atoms with Gasteiger partial charge in [-0.1, -0.05) is 5.21 Å². The van der Waals surface area contributed by atoms with Crippen LogP contribution in [0, 0.1) is 6.92 Å². The van der Waals surface area contributed by atoms with Crippen LogP contribution < -0.4 is 5.32 Å². The second-order valence-electron chi connectivity index (χ2n) is 4.22. The Labute approximate surface area is 125 Å². The zero-order valence-corrected chi connectivity index (χ0v) is 12.9. The van der Waals surface area contributed by atoms with Gasteiger partial charge in [0.25, 0.3) is 0 Å². The van der Waals surface area contributed by atoms with Crippen molar-refractivity contribution < 1.29 is 4.79 Å². The molecular weight excluding hydrogens is 296 g/mol. The number of amides is 1. The molecule has 1 atom stereocenters. The Morgan fingerprint density at radius 2 is 2.45 bits per heavy atom. The van der Waals surface area contributed by atoms with E-state index in [1.54, 1.807) is 23.1 Å². The third-order valence-electron chi connectivity index (χ3n) is 2.52. The minimum absolute atomic E-state index is 0.00995. The number of aryl methyl sites for hydroxylation is 1. The number of thioether (sulfide) groups is 1. The quantitative estimate of drug-likeness (QED) is 0.751. The molecule has 0 aliphatic carbocycles. The average Bonchev–Trinajstić information content (AvgIpc) is 3.06. The number of carbonyl (C=O) groups is 1. The molecule has 2 N–H and O–H groups in total. The zero-order valence-electron chi connectivity index (χ0n) is 11.3. The number of nitrogens with one attached hydrogen (secondary N) is 2. The van der Waals surface area contributed by atoms with E-state index in [2.05, 4.69) is 36.3 Å². The first-order chi connectivity index (χ1) is 9.65. The molecule has 7 nitrogen and oxygen atoms in total. The third-order valence-corrected chi connectivity index (χ3v) is 4.33. The predicted molar refractivity (Wildman–Crippen MR) is 78.4 cm³/mol. The summed E-state index contributed by atoms with van der Waals surface area (Å²) in [5.41, 5.74) is 1.08. The van der Waals surface area contributed by atoms with E-state index in [1.165, 1.54) is 0 Å². The summed E-state index contributed by atoms with van der Waals surface area (Å²) < 4.78 is 0. The van der Waals surface area contributed by atoms with Crippen molar-refractivity contribution in [3.05, 3.63) is 21.9 Å². The Bertz CT molecular complexity index is 541. The normalized spacial score (nSPS) is 12.3. The summed E-state index contributed by atoms with van der Waals surface area (Å²) in [6.45, 7) is 3.82. The van der Waals surface area contributed by atoms with Crippen LogP contribution in [0.15, 0.2) is 5.38 Å². The SMILES string of the molecule is Cc1nc(CSCCC(=O)NC(C)c2nn[nH]n2)cs1. The Balaban J connectivity index is 1.63. The molecule has 0 saturated carbocycles. The highest BCUT2D eigenvalue weighted by atomic mass is 32.2. The predicted octanol–water partition coefficient (Wildman–Crippen LogP) is 1.47. The van der Waals surface area contributed by atoms with Crippen molar-refractivity contribution in [2.24, 2.45) is 0 Å². The molecule has 0 spiro atoms. The van der Waals surface area contributed by atoms with E-state index in [0.29, 0.717) is 12.2 Å². The highest BCUT2D eigenvalue weighted by Crippen LogP contribution is 2.15. The van der Waals surface area contributed by atoms with Gasteiger partial charge in [0.1, 0.15) is 0 Å². The molecule has 2 aromatic rings. The van der Waals surface area contributed by atoms with Crippen molar-refractivity contribution in [3.63, 3.8) is 0 Å². The van der Waals surface area contributed by atoms with Crippen molar-refractivity contribution in [2.45, 2.75) is 32.1 Å². The standard InChI is InChI=1S/C11H16N6OS2/c1-7(11-14-16-17-15-11)12-10(18)3-4-19-5-9-6-20-8(2)13-9/h6-7H,3-5H2,1-2H3,(H,12,18)(H,14,15,16,17). The monoisotopic (exact) mass is 312 g/mol. The number of thiazole rings is 1. The summed E-state index contributed by atoms with van der Waals surface area (Å²) in [7, 11) is 0. The fourth-order valence-corrected chi connectivity index (χ4v) is 3.10. The van der Waals surface area contributed by atoms with Crippen LogP contribution in [0.3, 0.4) is 0 Å². The molecule has 0 aliphatic heterocycles. The molecule has 2 aromatic heterocycles. The minimum Gasteiger partial charge on any atom is -0.346 e. The Hall–Kier alpha value is -1.48. The summed E-state index contributed by atoms with van der Waals surface area (Å²) in [6, 6.07) is -0.229. The maximum Gasteiger partial charge on any atom is 0.221 e. The average molecular weight is 312 g/mol. The first kappa shape index (κ1) is 14.9. The highest BCUT2D eigenvalue weighted by Gasteiger charge is 2.13. The van der Waals surface area contributed by atoms with Crippen LogP contribution in [0.1, 0.15) is 35.9 Å². The summed E-state index contributed by atoms with van der Waals surface area (Å²) in [6.07, 6.45) is 0.468. The summed E-state index contributed by atoms with van der Waals surface area (Å²) >= 11 is 3.36. The molecule has 1 amide bonds. The molecule has 20 heavy (non-hydrogen) atoms. The lowest BCUT2D eigenvalue weighted by Gasteiger charge is -2.09. The van der Waals surface area contributed by atoms with Crippen LogP contribution in [0.5, 0.6) is 0 Å². The molecule has 0 saturated heterocycles. The van der Waals surface area contributed by atoms with E-state index in [0.717, 1.165) is 22.2 Å². The van der Waals surface area contributed by atoms with Gasteiger partial charge in [-0.2, -0.15) is 17.0 Å². The van der Waals surface area contributed by atoms with Gasteiger partial charge in [-0.05, 0) is 13.8 Å². The largest absolute Gasteiger partial charge is 0.346 e. The summed E-state index contributed by atoms with van der Waals surface area (Å²) in [5.74, 6) is 2.09. The van der Waals surface area contributed by atoms with Crippen LogP contribution in [-0.4, -0.2) is 37.3 Å². The summed E-state index contributed by atoms with van der Waals surface area (Å²) in [4.78, 5) is 16.1. The van der Waals surface area contributed by atoms with Crippen molar-refractivity contribution in [1.82, 2.24) is 30.9 Å². The molecule has 0 aromatic carbocycles. The molecule has 2 heterocycles. The van der Waals surface area contributed by atoms with E-state index >= 15 is 0 Å². The van der Waals surface area contributed by atoms with Gasteiger partial charge >= 0.3 is 0 Å². The second-order valence-corrected chi connectivity index (χ2v) is 6.39. The molecule has 108 valence electrons. The van der Waals surface area contributed by atoms with Crippen LogP contribution in [0.25, 0.3) is 0 Å². The molecular formula is C11H16N6OS2. The number of nitrogens with zero attached hydrogens (tertiary/aromatic N) is 4. The second kappa shape index (κ2) is 7.34. The number of carbonyl (C=O) groups excluding carboxylic acids is 1. The minimum atomic E-state index is -0.229. The lowest BCUT2D eigenvalue weighted by molar-refractivity contribution is -0.121. The lowest BCUT2D eigenvalue weighted by atomic mass is 10.3. The highest BCUT2D eigenvalue weighted by molar-refractivity contribution is 7.98. The molecule has 0 radical (unpaired) electrons. The number of rotatable bonds is 7. The van der Waals surface area contributed by atoms with Gasteiger partial charge in [-0.3, -0.25) is 4.79 Å². The van der Waals surface area contributed by atoms with Crippen molar-refractivity contribution >= 4 is 29.0 Å². The number of aromatic nitrogens is 5. The number of tetrazole rings is 1. The van der Waals surface area contributed by atoms with Crippen LogP contribution in [-0.2, 0) is 10.5 Å². The number of hydrogen-bond acceptors (Lipinski definition) is 7. The number of hydrogen-bond donors (Lipinski definition) is 2. The topological polar surface area (TPSA) is 96.5 Å². The van der Waals surface area contributed by atoms with Crippen LogP contribution in [0.2, 0.25) is 0 Å². The molecule has 2 rings (SSSR count). The van der Waals surface area contributed by atoms with E-state index in [1.807, 2.05) is 13.8 Å². The summed E-state index contributed by atoms with van der Waals surface area (Å²) in [5, 5.41) is 19.5. The van der Waals surface area contributed by atoms with Gasteiger partial charge in [-0.15, -0.1) is 21.5 Å². The molecule has 0 aliphatic rings. The Morgan fingerprint density at radius 1 is 1.60 bits per heavy atom. The fraction of sp³-hybridized carbons (Fsp3) is 0.545. The number of H-pyrrole nitrogens is 1. The van der Waals surface area contributed by atoms with Gasteiger partial charge in [-0.25, -0.2) is 4.98 Å². The van der Waals surface area contributed by atoms with Crippen LogP contribution in [0.4, 0.5) is 0 Å². The van der Waals surface area contributed by atoms with Crippen molar-refractivity contribution in [1.29, 1.82) is 0 Å². The van der Waals surface area contributed by atoms with Gasteiger partial charge in [0.2, 0.25) is 5.91 Å². The lowest BCUT2D eigenvalue weighted by Crippen LogP contribution is -2.27. The van der Waals surface area contributed by atoms with Crippen molar-refractivity contribution in [3.8, 4) is 0 Å². The maximum absolute atomic E-state index is 11.7. The molecule has 9 heteroatoms. The Kier molecular flexibility index (Phi) is 5.48. The van der Waals surface area contributed by atoms with Crippen LogP contribution >= 0.6 is 23.1 Å². The molecule has 1 unspecified atom stereocenters. The fourth-order valence-electron chi connectivity index (χ4n) is 1.55. The third kappa shape index (κ3) is 4.57. The van der Waals surface area contributed by atoms with Crippen molar-refractivity contribution in [2.75, 3.05) is 5.75 Å². The molecule has 0 fully saturated rings. The number of aromatic amines is 1. The zero-order chi connectivity index (χ0) is 14.4. The maximum atomic E-state index is 11.7. The Morgan fingerprint density at radius 3 is 3.10 bits per heavy atom.